The van der Waals surface area contributed by atoms with E-state index >= 15 is 0 Å². The van der Waals surface area contributed by atoms with Crippen molar-refractivity contribution in [1.29, 1.82) is 0 Å². The van der Waals surface area contributed by atoms with Crippen LogP contribution in [0.4, 0.5) is 5.69 Å². The van der Waals surface area contributed by atoms with Gasteiger partial charge in [0.15, 0.2) is 0 Å². The van der Waals surface area contributed by atoms with Crippen molar-refractivity contribution in [2.24, 2.45) is 11.5 Å². The van der Waals surface area contributed by atoms with Crippen LogP contribution in [0.5, 0.6) is 0 Å². The lowest BCUT2D eigenvalue weighted by atomic mass is 9.98. The van der Waals surface area contributed by atoms with E-state index in [0.29, 0.717) is 13.0 Å². The van der Waals surface area contributed by atoms with Crippen molar-refractivity contribution in [2.75, 3.05) is 18.5 Å². The Morgan fingerprint density at radius 3 is 2.65 bits per heavy atom. The second-order valence-electron chi connectivity index (χ2n) is 4.79. The van der Waals surface area contributed by atoms with Crippen molar-refractivity contribution in [3.63, 3.8) is 0 Å². The molecule has 0 aliphatic carbocycles. The van der Waals surface area contributed by atoms with E-state index in [4.69, 9.17) is 11.5 Å². The van der Waals surface area contributed by atoms with Crippen LogP contribution in [-0.4, -0.2) is 25.0 Å². The molecule has 0 aromatic heterocycles. The third kappa shape index (κ3) is 3.75. The zero-order valence-electron chi connectivity index (χ0n) is 10.7. The molecule has 4 nitrogen and oxygen atoms in total. The van der Waals surface area contributed by atoms with Crippen LogP contribution in [0.15, 0.2) is 24.3 Å². The van der Waals surface area contributed by atoms with E-state index in [1.54, 1.807) is 6.92 Å². The van der Waals surface area contributed by atoms with E-state index in [-0.39, 0.29) is 0 Å². The molecular weight excluding hydrogens is 214 g/mol. The van der Waals surface area contributed by atoms with Gasteiger partial charge in [-0.05, 0) is 38.0 Å². The number of nitrogens with two attached hydrogens (primary N) is 2. The number of anilines is 1. The molecule has 1 aromatic rings. The van der Waals surface area contributed by atoms with Crippen LogP contribution in [0.2, 0.25) is 0 Å². The van der Waals surface area contributed by atoms with Gasteiger partial charge in [-0.1, -0.05) is 12.1 Å². The molecule has 0 aliphatic rings. The third-order valence-electron chi connectivity index (χ3n) is 2.97. The van der Waals surface area contributed by atoms with Gasteiger partial charge in [-0.25, -0.2) is 0 Å². The minimum atomic E-state index is -0.946. The van der Waals surface area contributed by atoms with Gasteiger partial charge in [-0.2, -0.15) is 0 Å². The Morgan fingerprint density at radius 2 is 2.12 bits per heavy atom. The predicted molar refractivity (Wildman–Crippen MR) is 70.9 cm³/mol. The van der Waals surface area contributed by atoms with Gasteiger partial charge in [0.05, 0.1) is 5.54 Å². The normalized spacial score (nSPS) is 14.1. The van der Waals surface area contributed by atoms with Gasteiger partial charge < -0.3 is 16.4 Å². The molecule has 17 heavy (non-hydrogen) atoms. The molecule has 4 N–H and O–H groups in total. The summed E-state index contributed by atoms with van der Waals surface area (Å²) in [6, 6.07) is 8.19. The molecule has 4 heteroatoms. The van der Waals surface area contributed by atoms with E-state index in [0.717, 1.165) is 5.69 Å². The molecule has 0 saturated carbocycles. The molecule has 0 bridgehead atoms. The summed E-state index contributed by atoms with van der Waals surface area (Å²) in [6.45, 7) is 4.41. The fourth-order valence-electron chi connectivity index (χ4n) is 1.52. The number of aryl methyl sites for hydroxylation is 1. The lowest BCUT2D eigenvalue weighted by Crippen LogP contribution is -2.51. The molecule has 1 aromatic carbocycles. The van der Waals surface area contributed by atoms with Crippen LogP contribution in [0.3, 0.4) is 0 Å². The minimum absolute atomic E-state index is 0.463. The van der Waals surface area contributed by atoms with Gasteiger partial charge in [0.1, 0.15) is 0 Å². The highest BCUT2D eigenvalue weighted by Crippen LogP contribution is 2.16. The number of carbonyl (C=O) groups is 1. The maximum absolute atomic E-state index is 11.1. The van der Waals surface area contributed by atoms with Crippen molar-refractivity contribution < 1.29 is 4.79 Å². The maximum atomic E-state index is 11.1. The van der Waals surface area contributed by atoms with Crippen LogP contribution < -0.4 is 16.4 Å². The van der Waals surface area contributed by atoms with Crippen molar-refractivity contribution >= 4 is 11.6 Å². The molecule has 0 radical (unpaired) electrons. The molecule has 94 valence electrons. The monoisotopic (exact) mass is 235 g/mol. The molecule has 0 fully saturated rings. The van der Waals surface area contributed by atoms with Gasteiger partial charge >= 0.3 is 0 Å². The Morgan fingerprint density at radius 1 is 1.47 bits per heavy atom. The first-order valence-electron chi connectivity index (χ1n) is 5.69. The number of nitrogens with zero attached hydrogens (tertiary/aromatic N) is 1. The second kappa shape index (κ2) is 5.19. The highest BCUT2D eigenvalue weighted by molar-refractivity contribution is 5.83. The van der Waals surface area contributed by atoms with Crippen LogP contribution in [-0.2, 0) is 4.79 Å². The number of benzene rings is 1. The number of hydrogen-bond acceptors (Lipinski definition) is 3. The van der Waals surface area contributed by atoms with Crippen molar-refractivity contribution in [1.82, 2.24) is 0 Å². The highest BCUT2D eigenvalue weighted by Gasteiger charge is 2.25. The molecule has 1 amide bonds. The van der Waals surface area contributed by atoms with Crippen LogP contribution in [0.1, 0.15) is 18.9 Å². The molecule has 1 rings (SSSR count). The van der Waals surface area contributed by atoms with E-state index in [2.05, 4.69) is 11.0 Å². The van der Waals surface area contributed by atoms with Crippen molar-refractivity contribution in [3.8, 4) is 0 Å². The Balaban J connectivity index is 2.62. The highest BCUT2D eigenvalue weighted by atomic mass is 16.1. The Hall–Kier alpha value is -1.55. The SMILES string of the molecule is Cc1cccc(N(C)CCC(C)(N)C(N)=O)c1. The number of primary amides is 1. The predicted octanol–water partition coefficient (Wildman–Crippen LogP) is 1.02. The van der Waals surface area contributed by atoms with E-state index < -0.39 is 11.4 Å². The molecule has 1 unspecified atom stereocenters. The zero-order chi connectivity index (χ0) is 13.1. The zero-order valence-corrected chi connectivity index (χ0v) is 10.7. The fraction of sp³-hybridized carbons (Fsp3) is 0.462. The first-order valence-corrected chi connectivity index (χ1v) is 5.69. The van der Waals surface area contributed by atoms with E-state index in [1.807, 2.05) is 32.2 Å². The third-order valence-corrected chi connectivity index (χ3v) is 2.97. The van der Waals surface area contributed by atoms with Crippen molar-refractivity contribution in [3.05, 3.63) is 29.8 Å². The average Bonchev–Trinajstić information content (AvgIpc) is 2.25. The molecule has 0 aliphatic heterocycles. The van der Waals surface area contributed by atoms with Crippen LogP contribution in [0, 0.1) is 6.92 Å². The summed E-state index contributed by atoms with van der Waals surface area (Å²) in [7, 11) is 1.98. The summed E-state index contributed by atoms with van der Waals surface area (Å²) in [5.74, 6) is -0.463. The second-order valence-corrected chi connectivity index (χ2v) is 4.79. The first-order chi connectivity index (χ1) is 7.83. The maximum Gasteiger partial charge on any atom is 0.237 e. The molecular formula is C13H21N3O. The Kier molecular flexibility index (Phi) is 4.12. The standard InChI is InChI=1S/C13H21N3O/c1-10-5-4-6-11(9-10)16(3)8-7-13(2,15)12(14)17/h4-6,9H,7-8,15H2,1-3H3,(H2,14,17). The quantitative estimate of drug-likeness (QED) is 0.800. The van der Waals surface area contributed by atoms with Crippen molar-refractivity contribution in [2.45, 2.75) is 25.8 Å². The van der Waals surface area contributed by atoms with Crippen LogP contribution in [0.25, 0.3) is 0 Å². The largest absolute Gasteiger partial charge is 0.375 e. The van der Waals surface area contributed by atoms with E-state index in [9.17, 15) is 4.79 Å². The molecule has 0 spiro atoms. The van der Waals surface area contributed by atoms with Gasteiger partial charge in [0.25, 0.3) is 0 Å². The lowest BCUT2D eigenvalue weighted by molar-refractivity contribution is -0.122. The number of hydrogen-bond donors (Lipinski definition) is 2. The van der Waals surface area contributed by atoms with E-state index in [1.165, 1.54) is 5.56 Å². The lowest BCUT2D eigenvalue weighted by Gasteiger charge is -2.26. The summed E-state index contributed by atoms with van der Waals surface area (Å²) in [5.41, 5.74) is 12.4. The first kappa shape index (κ1) is 13.5. The van der Waals surface area contributed by atoms with Gasteiger partial charge in [0, 0.05) is 19.3 Å². The molecule has 0 saturated heterocycles. The smallest absolute Gasteiger partial charge is 0.237 e. The summed E-state index contributed by atoms with van der Waals surface area (Å²) in [4.78, 5) is 13.2. The molecule has 1 atom stereocenters. The fourth-order valence-corrected chi connectivity index (χ4v) is 1.52. The topological polar surface area (TPSA) is 72.3 Å². The van der Waals surface area contributed by atoms with Gasteiger partial charge in [-0.3, -0.25) is 4.79 Å². The number of amides is 1. The minimum Gasteiger partial charge on any atom is -0.375 e. The van der Waals surface area contributed by atoms with Gasteiger partial charge in [-0.15, -0.1) is 0 Å². The summed E-state index contributed by atoms with van der Waals surface area (Å²) in [6.07, 6.45) is 0.534. The Labute approximate surface area is 103 Å². The number of rotatable bonds is 5. The summed E-state index contributed by atoms with van der Waals surface area (Å²) >= 11 is 0. The number of carbonyl (C=O) groups excluding carboxylic acids is 1. The summed E-state index contributed by atoms with van der Waals surface area (Å²) in [5, 5.41) is 0. The average molecular weight is 235 g/mol. The summed E-state index contributed by atoms with van der Waals surface area (Å²) < 4.78 is 0. The molecule has 0 heterocycles. The van der Waals surface area contributed by atoms with Crippen LogP contribution >= 0.6 is 0 Å². The Bertz CT molecular complexity index is 401. The van der Waals surface area contributed by atoms with Gasteiger partial charge in [0.2, 0.25) is 5.91 Å².